The Labute approximate surface area is 209 Å². The van der Waals surface area contributed by atoms with Crippen LogP contribution in [0.15, 0.2) is 30.3 Å². The van der Waals surface area contributed by atoms with Crippen molar-refractivity contribution in [1.29, 1.82) is 0 Å². The molecule has 2 aromatic rings. The van der Waals surface area contributed by atoms with Crippen molar-refractivity contribution in [3.63, 3.8) is 0 Å². The van der Waals surface area contributed by atoms with Crippen LogP contribution < -0.4 is 14.2 Å². The summed E-state index contributed by atoms with van der Waals surface area (Å²) in [7, 11) is 3.10. The molecule has 0 aliphatic heterocycles. The van der Waals surface area contributed by atoms with Crippen LogP contribution in [-0.2, 0) is 11.3 Å². The predicted molar refractivity (Wildman–Crippen MR) is 129 cm³/mol. The second-order valence-corrected chi connectivity index (χ2v) is 9.06. The van der Waals surface area contributed by atoms with Gasteiger partial charge in [-0.25, -0.2) is 18.4 Å². The Morgan fingerprint density at radius 2 is 1.64 bits per heavy atom. The minimum absolute atomic E-state index is 0.101. The first-order valence-corrected chi connectivity index (χ1v) is 11.5. The number of carboxylic acid groups (broad SMARTS) is 1. The van der Waals surface area contributed by atoms with Crippen LogP contribution in [0, 0.1) is 11.6 Å². The molecule has 0 radical (unpaired) electrons. The Hall–Kier alpha value is -3.56. The van der Waals surface area contributed by atoms with Gasteiger partial charge >= 0.3 is 12.1 Å². The molecule has 0 aliphatic rings. The van der Waals surface area contributed by atoms with Crippen LogP contribution in [0.2, 0.25) is 0 Å². The summed E-state index contributed by atoms with van der Waals surface area (Å²) < 4.78 is 48.5. The first-order valence-electron chi connectivity index (χ1n) is 11.5. The first-order chi connectivity index (χ1) is 16.9. The van der Waals surface area contributed by atoms with E-state index in [1.807, 2.05) is 6.07 Å². The molecule has 0 saturated carbocycles. The Balaban J connectivity index is 1.98. The summed E-state index contributed by atoms with van der Waals surface area (Å²) in [5.41, 5.74) is -0.329. The van der Waals surface area contributed by atoms with Crippen LogP contribution in [0.3, 0.4) is 0 Å². The number of rotatable bonds is 12. The number of carbonyl (C=O) groups excluding carboxylic acids is 1. The largest absolute Gasteiger partial charge is 0.497 e. The molecule has 1 amide bonds. The molecule has 0 bridgehead atoms. The van der Waals surface area contributed by atoms with Crippen molar-refractivity contribution in [2.24, 2.45) is 0 Å². The fourth-order valence-electron chi connectivity index (χ4n) is 3.33. The summed E-state index contributed by atoms with van der Waals surface area (Å²) in [6.07, 6.45) is 1.27. The third kappa shape index (κ3) is 8.58. The van der Waals surface area contributed by atoms with E-state index in [9.17, 15) is 18.4 Å². The van der Waals surface area contributed by atoms with E-state index < -0.39 is 34.9 Å². The van der Waals surface area contributed by atoms with Crippen LogP contribution in [-0.4, -0.2) is 55.0 Å². The zero-order valence-electron chi connectivity index (χ0n) is 21.2. The molecule has 2 aromatic carbocycles. The van der Waals surface area contributed by atoms with Crippen molar-refractivity contribution in [3.05, 3.63) is 53.1 Å². The minimum atomic E-state index is -1.41. The van der Waals surface area contributed by atoms with E-state index in [1.165, 1.54) is 0 Å². The lowest BCUT2D eigenvalue weighted by Crippen LogP contribution is -2.37. The predicted octanol–water partition coefficient (Wildman–Crippen LogP) is 5.67. The molecule has 0 spiro atoms. The molecular formula is C26H33F2NO7. The quantitative estimate of drug-likeness (QED) is 0.369. The number of amides is 1. The van der Waals surface area contributed by atoms with E-state index in [4.69, 9.17) is 24.1 Å². The van der Waals surface area contributed by atoms with E-state index in [1.54, 1.807) is 52.0 Å². The van der Waals surface area contributed by atoms with Gasteiger partial charge in [0.05, 0.1) is 27.4 Å². The number of unbranched alkanes of at least 4 members (excludes halogenated alkanes) is 2. The normalized spacial score (nSPS) is 11.1. The van der Waals surface area contributed by atoms with Crippen molar-refractivity contribution in [2.75, 3.05) is 27.4 Å². The smallest absolute Gasteiger partial charge is 0.410 e. The highest BCUT2D eigenvalue weighted by Gasteiger charge is 2.23. The van der Waals surface area contributed by atoms with E-state index >= 15 is 0 Å². The van der Waals surface area contributed by atoms with Crippen molar-refractivity contribution in [2.45, 2.75) is 52.2 Å². The molecule has 10 heteroatoms. The highest BCUT2D eigenvalue weighted by Crippen LogP contribution is 2.27. The molecule has 0 unspecified atom stereocenters. The molecule has 0 atom stereocenters. The number of carboxylic acids is 1. The summed E-state index contributed by atoms with van der Waals surface area (Å²) >= 11 is 0. The van der Waals surface area contributed by atoms with Crippen LogP contribution >= 0.6 is 0 Å². The number of ether oxygens (including phenoxy) is 4. The Bertz CT molecular complexity index is 1050. The molecule has 0 saturated heterocycles. The van der Waals surface area contributed by atoms with Gasteiger partial charge in [-0.3, -0.25) is 0 Å². The summed E-state index contributed by atoms with van der Waals surface area (Å²) in [4.78, 5) is 25.7. The Morgan fingerprint density at radius 1 is 0.944 bits per heavy atom. The van der Waals surface area contributed by atoms with Crippen molar-refractivity contribution in [1.82, 2.24) is 4.90 Å². The van der Waals surface area contributed by atoms with Gasteiger partial charge in [-0.2, -0.15) is 0 Å². The molecule has 8 nitrogen and oxygen atoms in total. The fraction of sp³-hybridized carbons (Fsp3) is 0.462. The number of benzene rings is 2. The molecule has 0 aliphatic carbocycles. The number of hydrogen-bond acceptors (Lipinski definition) is 6. The highest BCUT2D eigenvalue weighted by atomic mass is 19.2. The van der Waals surface area contributed by atoms with Gasteiger partial charge in [-0.05, 0) is 58.2 Å². The zero-order chi connectivity index (χ0) is 26.9. The molecule has 198 valence electrons. The lowest BCUT2D eigenvalue weighted by Gasteiger charge is -2.28. The molecule has 1 N–H and O–H groups in total. The molecule has 36 heavy (non-hydrogen) atoms. The van der Waals surface area contributed by atoms with Gasteiger partial charge < -0.3 is 29.0 Å². The molecule has 0 heterocycles. The SMILES string of the molecule is COc1ccc(CN(CCCCCOc2cc(F)c(F)cc2C(=O)O)C(=O)OC(C)(C)C)c(OC)c1. The number of carbonyl (C=O) groups is 2. The maximum absolute atomic E-state index is 13.5. The monoisotopic (exact) mass is 509 g/mol. The fourth-order valence-corrected chi connectivity index (χ4v) is 3.33. The van der Waals surface area contributed by atoms with E-state index in [2.05, 4.69) is 0 Å². The Morgan fingerprint density at radius 3 is 2.25 bits per heavy atom. The second-order valence-electron chi connectivity index (χ2n) is 9.06. The Kier molecular flexibility index (Phi) is 10.3. The van der Waals surface area contributed by atoms with Crippen LogP contribution in [0.1, 0.15) is 56.0 Å². The minimum Gasteiger partial charge on any atom is -0.497 e. The first kappa shape index (κ1) is 28.7. The summed E-state index contributed by atoms with van der Waals surface area (Å²) in [5, 5.41) is 9.17. The van der Waals surface area contributed by atoms with Gasteiger partial charge in [-0.15, -0.1) is 0 Å². The van der Waals surface area contributed by atoms with Gasteiger partial charge in [0.25, 0.3) is 0 Å². The lowest BCUT2D eigenvalue weighted by molar-refractivity contribution is 0.0228. The molecule has 0 aromatic heterocycles. The van der Waals surface area contributed by atoms with Gasteiger partial charge in [0.1, 0.15) is 28.4 Å². The van der Waals surface area contributed by atoms with E-state index in [-0.39, 0.29) is 18.9 Å². The topological polar surface area (TPSA) is 94.5 Å². The van der Waals surface area contributed by atoms with Gasteiger partial charge in [0.15, 0.2) is 11.6 Å². The number of halogens is 2. The number of nitrogens with zero attached hydrogens (tertiary/aromatic N) is 1. The average Bonchev–Trinajstić information content (AvgIpc) is 2.81. The summed E-state index contributed by atoms with van der Waals surface area (Å²) in [5.74, 6) is -2.87. The lowest BCUT2D eigenvalue weighted by atomic mass is 10.1. The second kappa shape index (κ2) is 12.9. The number of methoxy groups -OCH3 is 2. The van der Waals surface area contributed by atoms with Gasteiger partial charge in [-0.1, -0.05) is 0 Å². The standard InChI is InChI=1S/C26H33F2NO7/c1-26(2,3)36-25(32)29(16-17-9-10-18(33-4)13-22(17)34-5)11-7-6-8-12-35-23-15-21(28)20(27)14-19(23)24(30)31/h9-10,13-15H,6-8,11-12,16H2,1-5H3,(H,30,31). The van der Waals surface area contributed by atoms with E-state index in [0.717, 1.165) is 11.6 Å². The number of aromatic carboxylic acids is 1. The third-order valence-electron chi connectivity index (χ3n) is 5.09. The summed E-state index contributed by atoms with van der Waals surface area (Å²) in [6.45, 7) is 6.11. The van der Waals surface area contributed by atoms with Crippen molar-refractivity contribution >= 4 is 12.1 Å². The van der Waals surface area contributed by atoms with Crippen molar-refractivity contribution < 1.29 is 42.4 Å². The summed E-state index contributed by atoms with van der Waals surface area (Å²) in [6, 6.07) is 6.67. The zero-order valence-corrected chi connectivity index (χ0v) is 21.2. The number of hydrogen-bond donors (Lipinski definition) is 1. The average molecular weight is 510 g/mol. The van der Waals surface area contributed by atoms with Gasteiger partial charge in [0.2, 0.25) is 0 Å². The molecular weight excluding hydrogens is 476 g/mol. The highest BCUT2D eigenvalue weighted by molar-refractivity contribution is 5.90. The van der Waals surface area contributed by atoms with Crippen LogP contribution in [0.5, 0.6) is 17.2 Å². The molecule has 2 rings (SSSR count). The maximum Gasteiger partial charge on any atom is 0.410 e. The van der Waals surface area contributed by atoms with E-state index in [0.29, 0.717) is 43.4 Å². The van der Waals surface area contributed by atoms with Crippen LogP contribution in [0.25, 0.3) is 0 Å². The third-order valence-corrected chi connectivity index (χ3v) is 5.09. The van der Waals surface area contributed by atoms with Crippen LogP contribution in [0.4, 0.5) is 13.6 Å². The molecule has 0 fully saturated rings. The van der Waals surface area contributed by atoms with Gasteiger partial charge in [0, 0.05) is 24.2 Å². The van der Waals surface area contributed by atoms with Crippen molar-refractivity contribution in [3.8, 4) is 17.2 Å². The maximum atomic E-state index is 13.5.